The van der Waals surface area contributed by atoms with Gasteiger partial charge in [0.15, 0.2) is 0 Å². The van der Waals surface area contributed by atoms with Crippen LogP contribution in [0.4, 0.5) is 0 Å². The Bertz CT molecular complexity index is 431. The van der Waals surface area contributed by atoms with Crippen molar-refractivity contribution in [2.75, 3.05) is 5.75 Å². The molecule has 3 nitrogen and oxygen atoms in total. The minimum Gasteiger partial charge on any atom is -0.481 e. The fourth-order valence-electron chi connectivity index (χ4n) is 4.59. The van der Waals surface area contributed by atoms with Crippen molar-refractivity contribution in [3.05, 3.63) is 12.2 Å². The molecule has 24 heavy (non-hydrogen) atoms. The molecule has 136 valence electrons. The summed E-state index contributed by atoms with van der Waals surface area (Å²) in [7, 11) is 0. The molecule has 0 spiro atoms. The van der Waals surface area contributed by atoms with Gasteiger partial charge in [-0.1, -0.05) is 31.4 Å². The Labute approximate surface area is 150 Å². The summed E-state index contributed by atoms with van der Waals surface area (Å²) in [6.07, 6.45) is 18.1. The standard InChI is InChI=1S/C20H32O3S/c21-19(22)11-7-2-1-6-10-16-17-12-13-18(23-17)20(16)24-14-15-8-4-3-5-9-15/h1,6,15-18,20H,2-5,7-14H2,(H,21,22)/t16-,17+,18-,20+/m0/s1. The van der Waals surface area contributed by atoms with Gasteiger partial charge in [-0.15, -0.1) is 0 Å². The molecule has 2 bridgehead atoms. The van der Waals surface area contributed by atoms with Gasteiger partial charge < -0.3 is 9.84 Å². The first-order chi connectivity index (χ1) is 11.7. The summed E-state index contributed by atoms with van der Waals surface area (Å²) in [5.41, 5.74) is 0. The van der Waals surface area contributed by atoms with Crippen LogP contribution in [0.2, 0.25) is 0 Å². The lowest BCUT2D eigenvalue weighted by Gasteiger charge is -2.29. The molecule has 0 unspecified atom stereocenters. The molecule has 3 fully saturated rings. The third-order valence-corrected chi connectivity index (χ3v) is 7.64. The molecule has 1 N–H and O–H groups in total. The molecule has 0 aromatic carbocycles. The maximum Gasteiger partial charge on any atom is 0.303 e. The molecule has 2 saturated heterocycles. The molecule has 3 aliphatic rings. The monoisotopic (exact) mass is 352 g/mol. The minimum absolute atomic E-state index is 0.279. The zero-order valence-corrected chi connectivity index (χ0v) is 15.5. The predicted octanol–water partition coefficient (Wildman–Crippen LogP) is 5.05. The third-order valence-electron chi connectivity index (χ3n) is 5.94. The molecule has 1 aliphatic carbocycles. The van der Waals surface area contributed by atoms with E-state index in [2.05, 4.69) is 23.9 Å². The number of aliphatic carboxylic acids is 1. The van der Waals surface area contributed by atoms with Crippen LogP contribution in [0.1, 0.15) is 70.6 Å². The average molecular weight is 353 g/mol. The van der Waals surface area contributed by atoms with Crippen LogP contribution in [0, 0.1) is 11.8 Å². The van der Waals surface area contributed by atoms with Crippen molar-refractivity contribution in [1.82, 2.24) is 0 Å². The first-order valence-electron chi connectivity index (χ1n) is 9.88. The number of unbranched alkanes of at least 4 members (excludes halogenated alkanes) is 1. The van der Waals surface area contributed by atoms with E-state index in [-0.39, 0.29) is 6.42 Å². The van der Waals surface area contributed by atoms with Gasteiger partial charge >= 0.3 is 5.97 Å². The molecule has 4 heteroatoms. The summed E-state index contributed by atoms with van der Waals surface area (Å²) < 4.78 is 6.21. The quantitative estimate of drug-likeness (QED) is 0.466. The Morgan fingerprint density at radius 3 is 2.67 bits per heavy atom. The van der Waals surface area contributed by atoms with Crippen molar-refractivity contribution in [1.29, 1.82) is 0 Å². The van der Waals surface area contributed by atoms with E-state index in [1.165, 1.54) is 50.7 Å². The molecule has 4 atom stereocenters. The van der Waals surface area contributed by atoms with Gasteiger partial charge in [-0.25, -0.2) is 0 Å². The maximum atomic E-state index is 10.5. The fourth-order valence-corrected chi connectivity index (χ4v) is 6.37. The van der Waals surface area contributed by atoms with E-state index in [0.717, 1.165) is 25.2 Å². The molecule has 0 radical (unpaired) electrons. The van der Waals surface area contributed by atoms with Gasteiger partial charge in [-0.2, -0.15) is 11.8 Å². The van der Waals surface area contributed by atoms with E-state index in [9.17, 15) is 4.79 Å². The number of carboxylic acids is 1. The molecule has 2 heterocycles. The summed E-state index contributed by atoms with van der Waals surface area (Å²) >= 11 is 2.20. The highest BCUT2D eigenvalue weighted by Crippen LogP contribution is 2.47. The molecule has 3 rings (SSSR count). The molecule has 1 saturated carbocycles. The van der Waals surface area contributed by atoms with Crippen LogP contribution in [0.3, 0.4) is 0 Å². The van der Waals surface area contributed by atoms with Crippen LogP contribution in [-0.2, 0) is 9.53 Å². The summed E-state index contributed by atoms with van der Waals surface area (Å²) in [5, 5.41) is 9.36. The number of thioether (sulfide) groups is 1. The van der Waals surface area contributed by atoms with Gasteiger partial charge in [-0.3, -0.25) is 4.79 Å². The van der Waals surface area contributed by atoms with Crippen LogP contribution in [0.15, 0.2) is 12.2 Å². The number of allylic oxidation sites excluding steroid dienone is 2. The molecule has 2 aliphatic heterocycles. The SMILES string of the molecule is O=C(O)CCCC=CC[C@@H]1[C@@H](SCC2CCCCC2)[C@@H]2CC[C@H]1O2. The lowest BCUT2D eigenvalue weighted by molar-refractivity contribution is -0.137. The Balaban J connectivity index is 1.42. The molecule has 0 aromatic heterocycles. The largest absolute Gasteiger partial charge is 0.481 e. The highest BCUT2D eigenvalue weighted by Gasteiger charge is 2.48. The average Bonchev–Trinajstić information content (AvgIpc) is 3.18. The van der Waals surface area contributed by atoms with Crippen molar-refractivity contribution in [3.8, 4) is 0 Å². The predicted molar refractivity (Wildman–Crippen MR) is 99.4 cm³/mol. The molecule has 0 amide bonds. The van der Waals surface area contributed by atoms with E-state index in [1.807, 2.05) is 0 Å². The van der Waals surface area contributed by atoms with Crippen LogP contribution in [0.25, 0.3) is 0 Å². The zero-order valence-electron chi connectivity index (χ0n) is 14.7. The number of carboxylic acid groups (broad SMARTS) is 1. The summed E-state index contributed by atoms with van der Waals surface area (Å²) in [4.78, 5) is 10.5. The third kappa shape index (κ3) is 5.01. The van der Waals surface area contributed by atoms with Crippen molar-refractivity contribution in [3.63, 3.8) is 0 Å². The van der Waals surface area contributed by atoms with E-state index in [4.69, 9.17) is 9.84 Å². The number of hydrogen-bond donors (Lipinski definition) is 1. The lowest BCUT2D eigenvalue weighted by atomic mass is 9.86. The Kier molecular flexibility index (Phi) is 7.08. The first-order valence-corrected chi connectivity index (χ1v) is 10.9. The summed E-state index contributed by atoms with van der Waals surface area (Å²) in [6, 6.07) is 0. The Hall–Kier alpha value is -0.480. The van der Waals surface area contributed by atoms with Crippen LogP contribution >= 0.6 is 11.8 Å². The zero-order chi connectivity index (χ0) is 16.8. The van der Waals surface area contributed by atoms with Gasteiger partial charge in [0.2, 0.25) is 0 Å². The number of fused-ring (bicyclic) bond motifs is 2. The first kappa shape index (κ1) is 18.3. The Morgan fingerprint density at radius 2 is 1.88 bits per heavy atom. The van der Waals surface area contributed by atoms with Gasteiger partial charge in [0.25, 0.3) is 0 Å². The second-order valence-corrected chi connectivity index (χ2v) is 8.96. The van der Waals surface area contributed by atoms with E-state index >= 15 is 0 Å². The van der Waals surface area contributed by atoms with Crippen molar-refractivity contribution < 1.29 is 14.6 Å². The fraction of sp³-hybridized carbons (Fsp3) is 0.850. The number of ether oxygens (including phenoxy) is 1. The van der Waals surface area contributed by atoms with Crippen molar-refractivity contribution >= 4 is 17.7 Å². The molecular weight excluding hydrogens is 320 g/mol. The van der Waals surface area contributed by atoms with Gasteiger partial charge in [0, 0.05) is 17.6 Å². The second-order valence-electron chi connectivity index (χ2n) is 7.75. The highest BCUT2D eigenvalue weighted by molar-refractivity contribution is 8.00. The lowest BCUT2D eigenvalue weighted by Crippen LogP contribution is -2.30. The maximum absolute atomic E-state index is 10.5. The highest BCUT2D eigenvalue weighted by atomic mass is 32.2. The van der Waals surface area contributed by atoms with E-state index in [1.54, 1.807) is 0 Å². The minimum atomic E-state index is -0.691. The van der Waals surface area contributed by atoms with Crippen LogP contribution in [-0.4, -0.2) is 34.3 Å². The smallest absolute Gasteiger partial charge is 0.303 e. The summed E-state index contributed by atoms with van der Waals surface area (Å²) in [6.45, 7) is 0. The number of rotatable bonds is 9. The van der Waals surface area contributed by atoms with Crippen molar-refractivity contribution in [2.24, 2.45) is 11.8 Å². The number of hydrogen-bond acceptors (Lipinski definition) is 3. The van der Waals surface area contributed by atoms with Gasteiger partial charge in [-0.05, 0) is 56.6 Å². The van der Waals surface area contributed by atoms with E-state index in [0.29, 0.717) is 23.4 Å². The number of carbonyl (C=O) groups is 1. The topological polar surface area (TPSA) is 46.5 Å². The molecule has 0 aromatic rings. The van der Waals surface area contributed by atoms with Gasteiger partial charge in [0.1, 0.15) is 0 Å². The van der Waals surface area contributed by atoms with Crippen LogP contribution in [0.5, 0.6) is 0 Å². The second kappa shape index (κ2) is 9.28. The Morgan fingerprint density at radius 1 is 1.08 bits per heavy atom. The van der Waals surface area contributed by atoms with E-state index < -0.39 is 5.97 Å². The normalized spacial score (nSPS) is 33.5. The van der Waals surface area contributed by atoms with Gasteiger partial charge in [0.05, 0.1) is 12.2 Å². The molecular formula is C20H32O3S. The summed E-state index contributed by atoms with van der Waals surface area (Å²) in [5.74, 6) is 2.25. The van der Waals surface area contributed by atoms with Crippen molar-refractivity contribution in [2.45, 2.75) is 88.1 Å². The van der Waals surface area contributed by atoms with Crippen LogP contribution < -0.4 is 0 Å².